The normalized spacial score (nSPS) is 26.4. The first-order valence-electron chi connectivity index (χ1n) is 4.65. The first kappa shape index (κ1) is 9.69. The van der Waals surface area contributed by atoms with Gasteiger partial charge in [-0.2, -0.15) is 0 Å². The molecule has 0 spiro atoms. The molecular weight excluding hydrogens is 200 g/mol. The van der Waals surface area contributed by atoms with Crippen molar-refractivity contribution < 1.29 is 9.53 Å². The molecule has 14 heavy (non-hydrogen) atoms. The summed E-state index contributed by atoms with van der Waals surface area (Å²) < 4.78 is 5.30. The Labute approximate surface area is 87.8 Å². The minimum absolute atomic E-state index is 0.126. The minimum Gasteiger partial charge on any atom is -0.368 e. The highest BCUT2D eigenvalue weighted by Crippen LogP contribution is 2.32. The predicted molar refractivity (Wildman–Crippen MR) is 54.4 cm³/mol. The van der Waals surface area contributed by atoms with Gasteiger partial charge < -0.3 is 4.74 Å². The fraction of sp³-hybridized carbons (Fsp3) is 0.364. The molecule has 0 N–H and O–H groups in total. The predicted octanol–water partition coefficient (Wildman–Crippen LogP) is 2.32. The third-order valence-electron chi connectivity index (χ3n) is 2.54. The number of hydrogen-bond acceptors (Lipinski definition) is 2. The van der Waals surface area contributed by atoms with Crippen LogP contribution in [0, 0.1) is 0 Å². The van der Waals surface area contributed by atoms with Crippen molar-refractivity contribution in [2.75, 3.05) is 6.61 Å². The van der Waals surface area contributed by atoms with Crippen molar-refractivity contribution >= 4 is 16.8 Å². The fourth-order valence-corrected chi connectivity index (χ4v) is 2.07. The molecule has 1 aliphatic rings. The zero-order valence-electron chi connectivity index (χ0n) is 7.65. The van der Waals surface area contributed by atoms with Crippen LogP contribution in [-0.2, 0) is 9.53 Å². The van der Waals surface area contributed by atoms with Gasteiger partial charge in [0.15, 0.2) is 0 Å². The van der Waals surface area contributed by atoms with Gasteiger partial charge in [0, 0.05) is 12.5 Å². The Morgan fingerprint density at radius 2 is 2.07 bits per heavy atom. The second-order valence-corrected chi connectivity index (χ2v) is 3.77. The van der Waals surface area contributed by atoms with E-state index in [0.29, 0.717) is 6.61 Å². The van der Waals surface area contributed by atoms with Crippen LogP contribution in [-0.4, -0.2) is 18.0 Å². The fourth-order valence-electron chi connectivity index (χ4n) is 1.85. The summed E-state index contributed by atoms with van der Waals surface area (Å²) in [4.78, 5) is 11.1. The van der Waals surface area contributed by atoms with Crippen LogP contribution in [0.1, 0.15) is 17.9 Å². The van der Waals surface area contributed by atoms with E-state index in [9.17, 15) is 4.79 Å². The van der Waals surface area contributed by atoms with Gasteiger partial charge in [-0.05, 0) is 23.6 Å². The van der Waals surface area contributed by atoms with Crippen LogP contribution >= 0.6 is 11.6 Å². The topological polar surface area (TPSA) is 26.3 Å². The summed E-state index contributed by atoms with van der Waals surface area (Å²) in [6.45, 7) is 0.614. The molecule has 2 nitrogen and oxygen atoms in total. The van der Waals surface area contributed by atoms with Crippen molar-refractivity contribution in [3.63, 3.8) is 0 Å². The molecule has 0 aromatic heterocycles. The van der Waals surface area contributed by atoms with Crippen molar-refractivity contribution in [2.24, 2.45) is 0 Å². The van der Waals surface area contributed by atoms with Gasteiger partial charge >= 0.3 is 0 Å². The van der Waals surface area contributed by atoms with Gasteiger partial charge in [0.05, 0.1) is 0 Å². The summed E-state index contributed by atoms with van der Waals surface area (Å²) in [5.74, 6) is 0.126. The Morgan fingerprint density at radius 3 is 2.71 bits per heavy atom. The quantitative estimate of drug-likeness (QED) is 0.701. The number of carbonyl (C=O) groups excluding carboxylic acids is 1. The van der Waals surface area contributed by atoms with Gasteiger partial charge in [-0.1, -0.05) is 30.3 Å². The van der Waals surface area contributed by atoms with Crippen LogP contribution in [0.15, 0.2) is 30.3 Å². The number of hydrogen-bond donors (Lipinski definition) is 0. The standard InChI is InChI=1S/C11H11ClO2/c12-11(13)10-9(6-7-14-10)8-4-2-1-3-5-8/h1-5,9-10H,6-7H2/t9-,10-/m1/s1. The molecule has 3 heteroatoms. The summed E-state index contributed by atoms with van der Waals surface area (Å²) >= 11 is 5.46. The molecule has 0 aliphatic carbocycles. The van der Waals surface area contributed by atoms with E-state index in [1.807, 2.05) is 30.3 Å². The lowest BCUT2D eigenvalue weighted by Crippen LogP contribution is -2.21. The molecule has 2 atom stereocenters. The lowest BCUT2D eigenvalue weighted by atomic mass is 9.93. The molecule has 74 valence electrons. The smallest absolute Gasteiger partial charge is 0.251 e. The Morgan fingerprint density at radius 1 is 1.36 bits per heavy atom. The Kier molecular flexibility index (Phi) is 2.85. The van der Waals surface area contributed by atoms with E-state index in [1.165, 1.54) is 0 Å². The van der Waals surface area contributed by atoms with E-state index < -0.39 is 11.3 Å². The molecule has 0 saturated carbocycles. The van der Waals surface area contributed by atoms with Gasteiger partial charge in [0.1, 0.15) is 6.10 Å². The molecule has 0 radical (unpaired) electrons. The second-order valence-electron chi connectivity index (χ2n) is 3.40. The van der Waals surface area contributed by atoms with Crippen molar-refractivity contribution in [2.45, 2.75) is 18.4 Å². The van der Waals surface area contributed by atoms with E-state index in [2.05, 4.69) is 0 Å². The van der Waals surface area contributed by atoms with Crippen LogP contribution in [0.25, 0.3) is 0 Å². The van der Waals surface area contributed by atoms with Gasteiger partial charge in [-0.15, -0.1) is 0 Å². The number of benzene rings is 1. The lowest BCUT2D eigenvalue weighted by Gasteiger charge is -2.14. The van der Waals surface area contributed by atoms with Gasteiger partial charge in [0.2, 0.25) is 0 Å². The van der Waals surface area contributed by atoms with E-state index >= 15 is 0 Å². The SMILES string of the molecule is O=C(Cl)[C@@H]1OCC[C@@H]1c1ccccc1. The van der Waals surface area contributed by atoms with Crippen LogP contribution < -0.4 is 0 Å². The molecule has 1 heterocycles. The highest BCUT2D eigenvalue weighted by Gasteiger charge is 2.33. The molecule has 0 amide bonds. The maximum Gasteiger partial charge on any atom is 0.251 e. The molecule has 1 aliphatic heterocycles. The molecule has 1 aromatic carbocycles. The molecular formula is C11H11ClO2. The average molecular weight is 211 g/mol. The summed E-state index contributed by atoms with van der Waals surface area (Å²) in [7, 11) is 0. The van der Waals surface area contributed by atoms with Gasteiger partial charge in [0.25, 0.3) is 5.24 Å². The van der Waals surface area contributed by atoms with E-state index in [0.717, 1.165) is 12.0 Å². The highest BCUT2D eigenvalue weighted by molar-refractivity contribution is 6.64. The molecule has 2 rings (SSSR count). The third kappa shape index (κ3) is 1.81. The van der Waals surface area contributed by atoms with Crippen molar-refractivity contribution in [1.82, 2.24) is 0 Å². The van der Waals surface area contributed by atoms with E-state index in [4.69, 9.17) is 16.3 Å². The molecule has 0 bridgehead atoms. The monoisotopic (exact) mass is 210 g/mol. The number of halogens is 1. The Hall–Kier alpha value is -0.860. The zero-order valence-corrected chi connectivity index (χ0v) is 8.41. The Balaban J connectivity index is 2.22. The first-order valence-corrected chi connectivity index (χ1v) is 5.03. The van der Waals surface area contributed by atoms with Crippen molar-refractivity contribution in [3.8, 4) is 0 Å². The summed E-state index contributed by atoms with van der Waals surface area (Å²) in [5, 5.41) is -0.392. The number of ether oxygens (including phenoxy) is 1. The van der Waals surface area contributed by atoms with Gasteiger partial charge in [-0.3, -0.25) is 4.79 Å². The van der Waals surface area contributed by atoms with Crippen LogP contribution in [0.3, 0.4) is 0 Å². The molecule has 0 unspecified atom stereocenters. The maximum absolute atomic E-state index is 11.1. The van der Waals surface area contributed by atoms with Crippen LogP contribution in [0.5, 0.6) is 0 Å². The van der Waals surface area contributed by atoms with Gasteiger partial charge in [-0.25, -0.2) is 0 Å². The molecule has 1 saturated heterocycles. The van der Waals surface area contributed by atoms with Crippen LogP contribution in [0.2, 0.25) is 0 Å². The highest BCUT2D eigenvalue weighted by atomic mass is 35.5. The summed E-state index contributed by atoms with van der Waals surface area (Å²) in [6.07, 6.45) is 0.409. The molecule has 1 aromatic rings. The Bertz CT molecular complexity index is 323. The van der Waals surface area contributed by atoms with E-state index in [1.54, 1.807) is 0 Å². The average Bonchev–Trinajstić information content (AvgIpc) is 2.67. The van der Waals surface area contributed by atoms with Crippen molar-refractivity contribution in [1.29, 1.82) is 0 Å². The summed E-state index contributed by atoms with van der Waals surface area (Å²) in [5.41, 5.74) is 1.13. The third-order valence-corrected chi connectivity index (χ3v) is 2.76. The lowest BCUT2D eigenvalue weighted by molar-refractivity contribution is -0.120. The minimum atomic E-state index is -0.459. The second kappa shape index (κ2) is 4.11. The first-order chi connectivity index (χ1) is 6.79. The largest absolute Gasteiger partial charge is 0.368 e. The van der Waals surface area contributed by atoms with Crippen molar-refractivity contribution in [3.05, 3.63) is 35.9 Å². The molecule has 1 fully saturated rings. The zero-order chi connectivity index (χ0) is 9.97. The van der Waals surface area contributed by atoms with E-state index in [-0.39, 0.29) is 5.92 Å². The number of carbonyl (C=O) groups is 1. The maximum atomic E-state index is 11.1. The number of rotatable bonds is 2. The summed E-state index contributed by atoms with van der Waals surface area (Å²) in [6, 6.07) is 9.89. The van der Waals surface area contributed by atoms with Crippen LogP contribution in [0.4, 0.5) is 0 Å².